The molecule has 0 unspecified atom stereocenters. The van der Waals surface area contributed by atoms with Crippen molar-refractivity contribution in [2.45, 2.75) is 32.2 Å². The van der Waals surface area contributed by atoms with E-state index in [0.717, 1.165) is 49.9 Å². The van der Waals surface area contributed by atoms with Gasteiger partial charge in [-0.25, -0.2) is 0 Å². The number of amides is 1. The van der Waals surface area contributed by atoms with E-state index in [1.807, 2.05) is 17.3 Å². The Bertz CT molecular complexity index is 786. The van der Waals surface area contributed by atoms with Crippen LogP contribution in [0.5, 0.6) is 0 Å². The number of rotatable bonds is 3. The molecule has 0 N–H and O–H groups in total. The van der Waals surface area contributed by atoms with Crippen LogP contribution in [-0.2, 0) is 17.8 Å². The zero-order valence-corrected chi connectivity index (χ0v) is 16.5. The van der Waals surface area contributed by atoms with Gasteiger partial charge in [-0.2, -0.15) is 0 Å². The van der Waals surface area contributed by atoms with Crippen LogP contribution in [0, 0.1) is 5.92 Å². The number of halogens is 1. The number of pyridine rings is 1. The summed E-state index contributed by atoms with van der Waals surface area (Å²) in [5.41, 5.74) is 3.91. The summed E-state index contributed by atoms with van der Waals surface area (Å²) in [5, 5.41) is 0. The second-order valence-corrected chi connectivity index (χ2v) is 8.15. The van der Waals surface area contributed by atoms with Crippen molar-refractivity contribution < 1.29 is 4.79 Å². The highest BCUT2D eigenvalue weighted by molar-refractivity contribution is 9.10. The molecule has 0 bridgehead atoms. The van der Waals surface area contributed by atoms with E-state index >= 15 is 0 Å². The topological polar surface area (TPSA) is 36.4 Å². The second-order valence-electron chi connectivity index (χ2n) is 7.30. The van der Waals surface area contributed by atoms with Gasteiger partial charge in [0.05, 0.1) is 10.2 Å². The molecule has 1 saturated heterocycles. The van der Waals surface area contributed by atoms with E-state index in [1.165, 1.54) is 16.8 Å². The number of benzene rings is 1. The minimum Gasteiger partial charge on any atom is -0.371 e. The lowest BCUT2D eigenvalue weighted by Gasteiger charge is -2.35. The third kappa shape index (κ3) is 3.78. The summed E-state index contributed by atoms with van der Waals surface area (Å²) >= 11 is 3.59. The van der Waals surface area contributed by atoms with Crippen LogP contribution in [0.15, 0.2) is 47.2 Å². The Kier molecular flexibility index (Phi) is 5.25. The first kappa shape index (κ1) is 17.5. The molecular formula is C21H24BrN3O. The zero-order chi connectivity index (χ0) is 17.9. The Morgan fingerprint density at radius 2 is 1.88 bits per heavy atom. The van der Waals surface area contributed by atoms with E-state index in [4.69, 9.17) is 0 Å². The fourth-order valence-corrected chi connectivity index (χ4v) is 4.59. The third-order valence-electron chi connectivity index (χ3n) is 5.65. The van der Waals surface area contributed by atoms with Crippen molar-refractivity contribution in [3.05, 3.63) is 58.3 Å². The SMILES string of the molecule is O=C(CC1CCN(c2ccncc2Br)CC1)N1CCc2ccccc2C1. The Hall–Kier alpha value is -1.88. The van der Waals surface area contributed by atoms with Gasteiger partial charge in [-0.05, 0) is 58.3 Å². The molecule has 4 nitrogen and oxygen atoms in total. The molecule has 1 amide bonds. The first-order chi connectivity index (χ1) is 12.7. The summed E-state index contributed by atoms with van der Waals surface area (Å²) in [5.74, 6) is 0.819. The molecule has 4 rings (SSSR count). The summed E-state index contributed by atoms with van der Waals surface area (Å²) in [6.07, 6.45) is 7.50. The Morgan fingerprint density at radius 3 is 2.65 bits per heavy atom. The number of fused-ring (bicyclic) bond motifs is 1. The average molecular weight is 414 g/mol. The van der Waals surface area contributed by atoms with Crippen LogP contribution in [0.1, 0.15) is 30.4 Å². The van der Waals surface area contributed by atoms with Crippen LogP contribution in [-0.4, -0.2) is 35.4 Å². The van der Waals surface area contributed by atoms with Gasteiger partial charge in [0.15, 0.2) is 0 Å². The Labute approximate surface area is 163 Å². The summed E-state index contributed by atoms with van der Waals surface area (Å²) in [6, 6.07) is 10.6. The standard InChI is InChI=1S/C21H24BrN3O/c22-19-14-23-9-5-20(19)24-10-6-16(7-11-24)13-21(26)25-12-8-17-3-1-2-4-18(17)15-25/h1-5,9,14,16H,6-8,10-13,15H2. The highest BCUT2D eigenvalue weighted by Gasteiger charge is 2.26. The number of nitrogens with zero attached hydrogens (tertiary/aromatic N) is 3. The van der Waals surface area contributed by atoms with Gasteiger partial charge in [-0.1, -0.05) is 24.3 Å². The van der Waals surface area contributed by atoms with Crippen molar-refractivity contribution in [1.82, 2.24) is 9.88 Å². The summed E-state index contributed by atoms with van der Waals surface area (Å²) in [7, 11) is 0. The third-order valence-corrected chi connectivity index (χ3v) is 6.26. The molecule has 0 aliphatic carbocycles. The van der Waals surface area contributed by atoms with E-state index in [0.29, 0.717) is 18.2 Å². The predicted octanol–water partition coefficient (Wildman–Crippen LogP) is 4.04. The molecular weight excluding hydrogens is 390 g/mol. The van der Waals surface area contributed by atoms with Crippen molar-refractivity contribution in [2.24, 2.45) is 5.92 Å². The Morgan fingerprint density at radius 1 is 1.12 bits per heavy atom. The normalized spacial score (nSPS) is 17.9. The number of hydrogen-bond donors (Lipinski definition) is 0. The number of piperidine rings is 1. The van der Waals surface area contributed by atoms with Gasteiger partial charge in [0.2, 0.25) is 5.91 Å². The molecule has 2 aliphatic rings. The van der Waals surface area contributed by atoms with E-state index < -0.39 is 0 Å². The van der Waals surface area contributed by atoms with Crippen molar-refractivity contribution >= 4 is 27.5 Å². The first-order valence-corrected chi connectivity index (χ1v) is 10.2. The molecule has 136 valence electrons. The van der Waals surface area contributed by atoms with Crippen LogP contribution in [0.2, 0.25) is 0 Å². The van der Waals surface area contributed by atoms with Gasteiger partial charge < -0.3 is 9.80 Å². The molecule has 0 radical (unpaired) electrons. The fourth-order valence-electron chi connectivity index (χ4n) is 4.09. The largest absolute Gasteiger partial charge is 0.371 e. The molecule has 3 heterocycles. The van der Waals surface area contributed by atoms with Crippen LogP contribution in [0.3, 0.4) is 0 Å². The summed E-state index contributed by atoms with van der Waals surface area (Å²) in [6.45, 7) is 3.64. The highest BCUT2D eigenvalue weighted by Crippen LogP contribution is 2.30. The molecule has 2 aliphatic heterocycles. The summed E-state index contributed by atoms with van der Waals surface area (Å²) < 4.78 is 1.04. The molecule has 1 fully saturated rings. The van der Waals surface area contributed by atoms with E-state index in [1.54, 1.807) is 0 Å². The predicted molar refractivity (Wildman–Crippen MR) is 107 cm³/mol. The zero-order valence-electron chi connectivity index (χ0n) is 14.9. The van der Waals surface area contributed by atoms with Crippen LogP contribution >= 0.6 is 15.9 Å². The van der Waals surface area contributed by atoms with Gasteiger partial charge in [-0.3, -0.25) is 9.78 Å². The highest BCUT2D eigenvalue weighted by atomic mass is 79.9. The molecule has 26 heavy (non-hydrogen) atoms. The van der Waals surface area contributed by atoms with Crippen LogP contribution < -0.4 is 4.90 Å². The minimum atomic E-state index is 0.322. The van der Waals surface area contributed by atoms with E-state index in [2.05, 4.69) is 56.1 Å². The maximum atomic E-state index is 12.8. The average Bonchev–Trinajstić information content (AvgIpc) is 2.69. The van der Waals surface area contributed by atoms with Crippen LogP contribution in [0.25, 0.3) is 0 Å². The van der Waals surface area contributed by atoms with Crippen molar-refractivity contribution in [3.63, 3.8) is 0 Å². The summed E-state index contributed by atoms with van der Waals surface area (Å²) in [4.78, 5) is 21.4. The lowest BCUT2D eigenvalue weighted by atomic mass is 9.92. The minimum absolute atomic E-state index is 0.322. The quantitative estimate of drug-likeness (QED) is 0.761. The molecule has 0 spiro atoms. The lowest BCUT2D eigenvalue weighted by molar-refractivity contribution is -0.133. The van der Waals surface area contributed by atoms with Gasteiger partial charge in [-0.15, -0.1) is 0 Å². The van der Waals surface area contributed by atoms with E-state index in [-0.39, 0.29) is 0 Å². The van der Waals surface area contributed by atoms with Crippen molar-refractivity contribution in [1.29, 1.82) is 0 Å². The molecule has 2 aromatic rings. The van der Waals surface area contributed by atoms with Gasteiger partial charge in [0.1, 0.15) is 0 Å². The molecule has 0 atom stereocenters. The lowest BCUT2D eigenvalue weighted by Crippen LogP contribution is -2.39. The fraction of sp³-hybridized carbons (Fsp3) is 0.429. The number of carbonyl (C=O) groups excluding carboxylic acids is 1. The maximum Gasteiger partial charge on any atom is 0.223 e. The first-order valence-electron chi connectivity index (χ1n) is 9.40. The molecule has 1 aromatic carbocycles. The maximum absolute atomic E-state index is 12.8. The van der Waals surface area contributed by atoms with Gasteiger partial charge >= 0.3 is 0 Å². The monoisotopic (exact) mass is 413 g/mol. The molecule has 5 heteroatoms. The number of hydrogen-bond acceptors (Lipinski definition) is 3. The smallest absolute Gasteiger partial charge is 0.223 e. The molecule has 1 aromatic heterocycles. The number of carbonyl (C=O) groups is 1. The van der Waals surface area contributed by atoms with Crippen LogP contribution in [0.4, 0.5) is 5.69 Å². The molecule has 0 saturated carbocycles. The van der Waals surface area contributed by atoms with Crippen molar-refractivity contribution in [3.8, 4) is 0 Å². The second kappa shape index (κ2) is 7.78. The van der Waals surface area contributed by atoms with Gasteiger partial charge in [0.25, 0.3) is 0 Å². The Balaban J connectivity index is 1.31. The van der Waals surface area contributed by atoms with Gasteiger partial charge in [0, 0.05) is 45.0 Å². The number of aromatic nitrogens is 1. The number of anilines is 1. The van der Waals surface area contributed by atoms with Crippen molar-refractivity contribution in [2.75, 3.05) is 24.5 Å². The van der Waals surface area contributed by atoms with E-state index in [9.17, 15) is 4.79 Å².